The summed E-state index contributed by atoms with van der Waals surface area (Å²) in [6.07, 6.45) is -3.17. The lowest BCUT2D eigenvalue weighted by Gasteiger charge is -2.22. The Kier molecular flexibility index (Phi) is 5.84. The number of aromatic nitrogens is 3. The van der Waals surface area contributed by atoms with E-state index in [2.05, 4.69) is 10.2 Å². The molecule has 2 aromatic rings. The molecule has 28 heavy (non-hydrogen) atoms. The van der Waals surface area contributed by atoms with E-state index in [0.717, 1.165) is 16.7 Å². The second kappa shape index (κ2) is 8.00. The molecule has 1 fully saturated rings. The van der Waals surface area contributed by atoms with Crippen molar-refractivity contribution in [1.29, 1.82) is 0 Å². The molecule has 150 valence electrons. The lowest BCUT2D eigenvalue weighted by Crippen LogP contribution is -2.41. The Labute approximate surface area is 167 Å². The molecule has 1 aliphatic rings. The van der Waals surface area contributed by atoms with Crippen LogP contribution < -0.4 is 5.84 Å². The average Bonchev–Trinajstić information content (AvgIpc) is 2.90. The number of carbonyl (C=O) groups is 2. The molecular formula is C16H15ClF3N5O2S. The van der Waals surface area contributed by atoms with Crippen LogP contribution in [-0.4, -0.2) is 43.4 Å². The van der Waals surface area contributed by atoms with Crippen molar-refractivity contribution in [2.75, 3.05) is 12.4 Å². The van der Waals surface area contributed by atoms with Gasteiger partial charge in [0.25, 0.3) is 11.7 Å². The van der Waals surface area contributed by atoms with E-state index in [1.807, 2.05) is 0 Å². The first kappa shape index (κ1) is 20.5. The van der Waals surface area contributed by atoms with Crippen molar-refractivity contribution in [3.8, 4) is 0 Å². The second-order valence-electron chi connectivity index (χ2n) is 6.08. The Morgan fingerprint density at radius 2 is 1.89 bits per heavy atom. The van der Waals surface area contributed by atoms with E-state index in [0.29, 0.717) is 34.5 Å². The Hall–Kier alpha value is -2.27. The molecule has 1 saturated heterocycles. The summed E-state index contributed by atoms with van der Waals surface area (Å²) in [7, 11) is 0. The maximum absolute atomic E-state index is 12.9. The van der Waals surface area contributed by atoms with Crippen LogP contribution in [0.2, 0.25) is 5.02 Å². The van der Waals surface area contributed by atoms with Gasteiger partial charge in [0.2, 0.25) is 11.1 Å². The number of nitrogens with zero attached hydrogens (tertiary/aromatic N) is 4. The molecule has 0 spiro atoms. The Balaban J connectivity index is 1.81. The number of alkyl halides is 3. The summed E-state index contributed by atoms with van der Waals surface area (Å²) >= 11 is 6.59. The van der Waals surface area contributed by atoms with Crippen LogP contribution >= 0.6 is 23.4 Å². The standard InChI is InChI=1S/C16H15ClF3N5O2S/c17-10-6-4-9(5-7-10)12(26)24-8-2-1-3-11(13(24)27)28-15-23-22-14(25(15)21)16(18,19)20/h4-7,11H,1-3,8,21H2/t11-/m1/s1. The summed E-state index contributed by atoms with van der Waals surface area (Å²) in [6, 6.07) is 6.10. The largest absolute Gasteiger partial charge is 0.453 e. The van der Waals surface area contributed by atoms with Crippen LogP contribution in [0, 0.1) is 0 Å². The maximum Gasteiger partial charge on any atom is 0.453 e. The summed E-state index contributed by atoms with van der Waals surface area (Å²) < 4.78 is 38.8. The van der Waals surface area contributed by atoms with Crippen molar-refractivity contribution in [1.82, 2.24) is 19.8 Å². The lowest BCUT2D eigenvalue weighted by atomic mass is 10.2. The van der Waals surface area contributed by atoms with Gasteiger partial charge >= 0.3 is 6.18 Å². The van der Waals surface area contributed by atoms with Crippen LogP contribution in [-0.2, 0) is 11.0 Å². The number of nitrogen functional groups attached to an aromatic ring is 1. The Morgan fingerprint density at radius 3 is 2.50 bits per heavy atom. The highest BCUT2D eigenvalue weighted by atomic mass is 35.5. The molecule has 1 atom stereocenters. The van der Waals surface area contributed by atoms with Crippen molar-refractivity contribution in [2.45, 2.75) is 35.8 Å². The van der Waals surface area contributed by atoms with Crippen LogP contribution in [0.4, 0.5) is 13.2 Å². The number of imide groups is 1. The summed E-state index contributed by atoms with van der Waals surface area (Å²) in [4.78, 5) is 26.7. The summed E-state index contributed by atoms with van der Waals surface area (Å²) in [5.74, 6) is 3.09. The highest BCUT2D eigenvalue weighted by Crippen LogP contribution is 2.33. The SMILES string of the molecule is Nn1c(S[C@@H]2CCCCN(C(=O)c3ccc(Cl)cc3)C2=O)nnc1C(F)(F)F. The number of hydrogen-bond donors (Lipinski definition) is 1. The number of thioether (sulfide) groups is 1. The molecule has 7 nitrogen and oxygen atoms in total. The monoisotopic (exact) mass is 433 g/mol. The zero-order chi connectivity index (χ0) is 20.5. The summed E-state index contributed by atoms with van der Waals surface area (Å²) in [6.45, 7) is 0.223. The van der Waals surface area contributed by atoms with Gasteiger partial charge in [0.15, 0.2) is 0 Å². The van der Waals surface area contributed by atoms with Crippen LogP contribution in [0.3, 0.4) is 0 Å². The number of halogens is 4. The van der Waals surface area contributed by atoms with Crippen molar-refractivity contribution in [3.63, 3.8) is 0 Å². The van der Waals surface area contributed by atoms with Crippen molar-refractivity contribution in [3.05, 3.63) is 40.7 Å². The molecule has 2 heterocycles. The van der Waals surface area contributed by atoms with E-state index in [9.17, 15) is 22.8 Å². The highest BCUT2D eigenvalue weighted by molar-refractivity contribution is 8.00. The normalized spacial score (nSPS) is 18.2. The van der Waals surface area contributed by atoms with Gasteiger partial charge in [-0.2, -0.15) is 13.2 Å². The first-order chi connectivity index (χ1) is 13.2. The van der Waals surface area contributed by atoms with Gasteiger partial charge in [0.1, 0.15) is 0 Å². The molecule has 12 heteroatoms. The van der Waals surface area contributed by atoms with E-state index in [1.54, 1.807) is 12.1 Å². The fraction of sp³-hybridized carbons (Fsp3) is 0.375. The molecule has 1 aliphatic heterocycles. The quantitative estimate of drug-likeness (QED) is 0.590. The number of amides is 2. The fourth-order valence-electron chi connectivity index (χ4n) is 2.74. The minimum Gasteiger partial charge on any atom is -0.335 e. The Bertz CT molecular complexity index is 887. The van der Waals surface area contributed by atoms with Gasteiger partial charge < -0.3 is 5.84 Å². The number of nitrogens with two attached hydrogens (primary N) is 1. The maximum atomic E-state index is 12.9. The lowest BCUT2D eigenvalue weighted by molar-refractivity contribution is -0.146. The van der Waals surface area contributed by atoms with Crippen LogP contribution in [0.5, 0.6) is 0 Å². The molecular weight excluding hydrogens is 419 g/mol. The van der Waals surface area contributed by atoms with E-state index in [4.69, 9.17) is 17.4 Å². The van der Waals surface area contributed by atoms with Crippen molar-refractivity contribution in [2.24, 2.45) is 0 Å². The average molecular weight is 434 g/mol. The topological polar surface area (TPSA) is 94.1 Å². The zero-order valence-electron chi connectivity index (χ0n) is 14.3. The molecule has 0 radical (unpaired) electrons. The molecule has 2 N–H and O–H groups in total. The minimum absolute atomic E-state index is 0.223. The van der Waals surface area contributed by atoms with Gasteiger partial charge in [-0.25, -0.2) is 4.68 Å². The minimum atomic E-state index is -4.76. The van der Waals surface area contributed by atoms with Gasteiger partial charge in [0.05, 0.1) is 5.25 Å². The number of likely N-dealkylation sites (tertiary alicyclic amines) is 1. The zero-order valence-corrected chi connectivity index (χ0v) is 15.9. The number of rotatable bonds is 3. The van der Waals surface area contributed by atoms with E-state index in [1.165, 1.54) is 12.1 Å². The van der Waals surface area contributed by atoms with Gasteiger partial charge in [-0.1, -0.05) is 29.8 Å². The number of hydrogen-bond acceptors (Lipinski definition) is 6. The van der Waals surface area contributed by atoms with Gasteiger partial charge in [0, 0.05) is 17.1 Å². The first-order valence-corrected chi connectivity index (χ1v) is 9.50. The van der Waals surface area contributed by atoms with E-state index in [-0.39, 0.29) is 11.7 Å². The Morgan fingerprint density at radius 1 is 1.21 bits per heavy atom. The van der Waals surface area contributed by atoms with Crippen molar-refractivity contribution >= 4 is 35.2 Å². The van der Waals surface area contributed by atoms with Gasteiger partial charge in [-0.3, -0.25) is 14.5 Å². The van der Waals surface area contributed by atoms with Gasteiger partial charge in [-0.05, 0) is 37.1 Å². The smallest absolute Gasteiger partial charge is 0.335 e. The molecule has 3 rings (SSSR count). The molecule has 0 saturated carbocycles. The molecule has 0 aliphatic carbocycles. The van der Waals surface area contributed by atoms with Crippen LogP contribution in [0.25, 0.3) is 0 Å². The molecule has 0 unspecified atom stereocenters. The number of carbonyl (C=O) groups excluding carboxylic acids is 2. The van der Waals surface area contributed by atoms with E-state index < -0.39 is 29.1 Å². The predicted molar refractivity (Wildman–Crippen MR) is 96.2 cm³/mol. The molecule has 0 bridgehead atoms. The van der Waals surface area contributed by atoms with E-state index >= 15 is 0 Å². The third-order valence-corrected chi connectivity index (χ3v) is 5.60. The molecule has 1 aromatic heterocycles. The predicted octanol–water partition coefficient (Wildman–Crippen LogP) is 2.98. The number of benzene rings is 1. The molecule has 1 aromatic carbocycles. The third-order valence-electron chi connectivity index (χ3n) is 4.14. The van der Waals surface area contributed by atoms with Crippen LogP contribution in [0.15, 0.2) is 29.4 Å². The summed E-state index contributed by atoms with van der Waals surface area (Å²) in [5, 5.41) is 5.90. The van der Waals surface area contributed by atoms with Gasteiger partial charge in [-0.15, -0.1) is 10.2 Å². The van der Waals surface area contributed by atoms with Crippen molar-refractivity contribution < 1.29 is 22.8 Å². The second-order valence-corrected chi connectivity index (χ2v) is 7.68. The first-order valence-electron chi connectivity index (χ1n) is 8.24. The van der Waals surface area contributed by atoms with Crippen LogP contribution in [0.1, 0.15) is 35.4 Å². The summed E-state index contributed by atoms with van der Waals surface area (Å²) in [5.41, 5.74) is 0.296. The molecule has 2 amide bonds. The highest BCUT2D eigenvalue weighted by Gasteiger charge is 2.39. The third kappa shape index (κ3) is 4.25. The fourth-order valence-corrected chi connectivity index (χ4v) is 3.93.